The molecule has 0 fully saturated rings. The van der Waals surface area contributed by atoms with Crippen molar-refractivity contribution >= 4 is 5.57 Å². The van der Waals surface area contributed by atoms with Gasteiger partial charge in [-0.2, -0.15) is 0 Å². The van der Waals surface area contributed by atoms with Gasteiger partial charge in [-0.1, -0.05) is 73.7 Å². The van der Waals surface area contributed by atoms with Crippen molar-refractivity contribution < 1.29 is 17.6 Å². The van der Waals surface area contributed by atoms with E-state index in [-0.39, 0.29) is 11.1 Å². The van der Waals surface area contributed by atoms with Gasteiger partial charge in [0.05, 0.1) is 0 Å². The number of hydrogen-bond donors (Lipinski definition) is 0. The number of rotatable bonds is 5. The molecule has 0 aromatic heterocycles. The van der Waals surface area contributed by atoms with Crippen LogP contribution in [-0.2, 0) is 6.42 Å². The molecule has 4 rings (SSSR count). The monoisotopic (exact) mass is 450 g/mol. The minimum atomic E-state index is -0.902. The molecule has 0 saturated carbocycles. The normalized spacial score (nSPS) is 16.3. The third-order valence-electron chi connectivity index (χ3n) is 6.39. The summed E-state index contributed by atoms with van der Waals surface area (Å²) in [6.45, 7) is 3.74. The van der Waals surface area contributed by atoms with Gasteiger partial charge in [0.1, 0.15) is 0 Å². The fraction of sp³-hybridized carbons (Fsp3) is 0.241. The lowest BCUT2D eigenvalue weighted by molar-refractivity contribution is 0.502. The fourth-order valence-electron chi connectivity index (χ4n) is 4.48. The second-order valence-corrected chi connectivity index (χ2v) is 8.41. The number of allylic oxidation sites excluding steroid dienone is 4. The molecule has 0 aliphatic heterocycles. The molecule has 0 heterocycles. The SMILES string of the molecule is C/C=C/C1CC=C(c2ccc(-c3ccc(-c4ccc(CC)c(F)c4F)cc3)c(F)c2F)CC1. The Hall–Kier alpha value is -3.14. The fourth-order valence-corrected chi connectivity index (χ4v) is 4.48. The highest BCUT2D eigenvalue weighted by Crippen LogP contribution is 2.36. The summed E-state index contributed by atoms with van der Waals surface area (Å²) in [6, 6.07) is 12.7. The summed E-state index contributed by atoms with van der Waals surface area (Å²) < 4.78 is 58.6. The van der Waals surface area contributed by atoms with Crippen molar-refractivity contribution in [3.8, 4) is 22.3 Å². The highest BCUT2D eigenvalue weighted by Gasteiger charge is 2.20. The van der Waals surface area contributed by atoms with Gasteiger partial charge in [0.2, 0.25) is 0 Å². The average Bonchev–Trinajstić information content (AvgIpc) is 2.84. The van der Waals surface area contributed by atoms with Gasteiger partial charge in [0, 0.05) is 16.7 Å². The van der Waals surface area contributed by atoms with E-state index in [4.69, 9.17) is 0 Å². The van der Waals surface area contributed by atoms with Crippen LogP contribution in [0.2, 0.25) is 0 Å². The maximum atomic E-state index is 15.0. The van der Waals surface area contributed by atoms with Gasteiger partial charge in [0.15, 0.2) is 23.3 Å². The molecular weight excluding hydrogens is 424 g/mol. The molecule has 0 nitrogen and oxygen atoms in total. The Morgan fingerprint density at radius 1 is 0.758 bits per heavy atom. The summed E-state index contributed by atoms with van der Waals surface area (Å²) >= 11 is 0. The zero-order valence-corrected chi connectivity index (χ0v) is 18.8. The Balaban J connectivity index is 1.62. The predicted molar refractivity (Wildman–Crippen MR) is 127 cm³/mol. The summed E-state index contributed by atoms with van der Waals surface area (Å²) in [7, 11) is 0. The van der Waals surface area contributed by atoms with Crippen LogP contribution in [0.15, 0.2) is 66.8 Å². The zero-order valence-electron chi connectivity index (χ0n) is 18.8. The molecule has 0 saturated heterocycles. The Morgan fingerprint density at radius 2 is 1.30 bits per heavy atom. The van der Waals surface area contributed by atoms with Gasteiger partial charge >= 0.3 is 0 Å². The van der Waals surface area contributed by atoms with Crippen LogP contribution >= 0.6 is 0 Å². The maximum absolute atomic E-state index is 15.0. The molecule has 0 N–H and O–H groups in total. The molecule has 3 aromatic rings. The lowest BCUT2D eigenvalue weighted by atomic mass is 9.85. The van der Waals surface area contributed by atoms with Gasteiger partial charge in [-0.3, -0.25) is 0 Å². The Kier molecular flexibility index (Phi) is 6.83. The number of halogens is 4. The highest BCUT2D eigenvalue weighted by atomic mass is 19.2. The predicted octanol–water partition coefficient (Wildman–Crippen LogP) is 8.90. The van der Waals surface area contributed by atoms with Gasteiger partial charge < -0.3 is 0 Å². The molecule has 1 aliphatic carbocycles. The summed E-state index contributed by atoms with van der Waals surface area (Å²) in [5.74, 6) is -3.06. The second-order valence-electron chi connectivity index (χ2n) is 8.41. The van der Waals surface area contributed by atoms with E-state index >= 15 is 4.39 Å². The lowest BCUT2D eigenvalue weighted by Gasteiger charge is -2.20. The van der Waals surface area contributed by atoms with Crippen LogP contribution in [0.3, 0.4) is 0 Å². The number of benzene rings is 3. The maximum Gasteiger partial charge on any atom is 0.167 e. The Morgan fingerprint density at radius 3 is 1.85 bits per heavy atom. The minimum absolute atomic E-state index is 0.138. The third kappa shape index (κ3) is 4.52. The summed E-state index contributed by atoms with van der Waals surface area (Å²) in [5, 5.41) is 0. The molecule has 0 spiro atoms. The Bertz CT molecular complexity index is 1220. The molecule has 3 aromatic carbocycles. The first-order valence-electron chi connectivity index (χ1n) is 11.3. The van der Waals surface area contributed by atoms with Crippen LogP contribution < -0.4 is 0 Å². The van der Waals surface area contributed by atoms with Crippen LogP contribution in [-0.4, -0.2) is 0 Å². The molecule has 0 bridgehead atoms. The van der Waals surface area contributed by atoms with E-state index in [1.165, 1.54) is 0 Å². The van der Waals surface area contributed by atoms with Gasteiger partial charge in [-0.25, -0.2) is 17.6 Å². The lowest BCUT2D eigenvalue weighted by Crippen LogP contribution is -2.05. The van der Waals surface area contributed by atoms with E-state index in [2.05, 4.69) is 6.08 Å². The zero-order chi connectivity index (χ0) is 23.5. The molecule has 1 atom stereocenters. The van der Waals surface area contributed by atoms with Crippen LogP contribution in [0.4, 0.5) is 17.6 Å². The van der Waals surface area contributed by atoms with E-state index in [1.54, 1.807) is 55.5 Å². The van der Waals surface area contributed by atoms with E-state index in [0.717, 1.165) is 18.4 Å². The molecule has 4 heteroatoms. The van der Waals surface area contributed by atoms with E-state index in [0.29, 0.717) is 41.0 Å². The van der Waals surface area contributed by atoms with Crippen molar-refractivity contribution in [3.63, 3.8) is 0 Å². The molecule has 170 valence electrons. The molecular formula is C29H26F4. The van der Waals surface area contributed by atoms with E-state index < -0.39 is 23.3 Å². The summed E-state index contributed by atoms with van der Waals surface area (Å²) in [5.41, 5.74) is 2.67. The standard InChI is InChI=1S/C29H26F4/c1-3-5-18-6-8-20(9-7-18)24-16-17-25(29(33)28(24)32)22-12-10-21(11-13-22)23-15-14-19(4-2)26(30)27(23)31/h3,5,8,10-18H,4,6-7,9H2,1-2H3/b5-3+. The first-order chi connectivity index (χ1) is 15.9. The van der Waals surface area contributed by atoms with Crippen molar-refractivity contribution in [2.75, 3.05) is 0 Å². The smallest absolute Gasteiger partial charge is 0.167 e. The Labute approximate surface area is 192 Å². The quantitative estimate of drug-likeness (QED) is 0.269. The van der Waals surface area contributed by atoms with Gasteiger partial charge in [0.25, 0.3) is 0 Å². The second kappa shape index (κ2) is 9.78. The average molecular weight is 451 g/mol. The van der Waals surface area contributed by atoms with Crippen molar-refractivity contribution in [1.82, 2.24) is 0 Å². The van der Waals surface area contributed by atoms with Crippen LogP contribution in [0, 0.1) is 29.2 Å². The number of aryl methyl sites for hydroxylation is 1. The number of hydrogen-bond acceptors (Lipinski definition) is 0. The van der Waals surface area contributed by atoms with Crippen LogP contribution in [0.25, 0.3) is 27.8 Å². The molecule has 0 radical (unpaired) electrons. The minimum Gasteiger partial charge on any atom is -0.203 e. The molecule has 0 amide bonds. The van der Waals surface area contributed by atoms with Gasteiger partial charge in [-0.05, 0) is 60.8 Å². The van der Waals surface area contributed by atoms with E-state index in [9.17, 15) is 13.2 Å². The van der Waals surface area contributed by atoms with Crippen molar-refractivity contribution in [2.24, 2.45) is 5.92 Å². The van der Waals surface area contributed by atoms with E-state index in [1.807, 2.05) is 19.1 Å². The van der Waals surface area contributed by atoms with Crippen molar-refractivity contribution in [2.45, 2.75) is 39.5 Å². The topological polar surface area (TPSA) is 0 Å². The first-order valence-corrected chi connectivity index (χ1v) is 11.3. The first kappa shape index (κ1) is 23.0. The molecule has 1 aliphatic rings. The van der Waals surface area contributed by atoms with Crippen LogP contribution in [0.5, 0.6) is 0 Å². The highest BCUT2D eigenvalue weighted by molar-refractivity contribution is 5.74. The van der Waals surface area contributed by atoms with Crippen LogP contribution in [0.1, 0.15) is 44.2 Å². The molecule has 1 unspecified atom stereocenters. The largest absolute Gasteiger partial charge is 0.203 e. The summed E-state index contributed by atoms with van der Waals surface area (Å²) in [6.07, 6.45) is 9.01. The van der Waals surface area contributed by atoms with Crippen molar-refractivity contribution in [3.05, 3.63) is 101 Å². The van der Waals surface area contributed by atoms with Gasteiger partial charge in [-0.15, -0.1) is 0 Å². The van der Waals surface area contributed by atoms with Crippen molar-refractivity contribution in [1.29, 1.82) is 0 Å². The summed E-state index contributed by atoms with van der Waals surface area (Å²) in [4.78, 5) is 0. The third-order valence-corrected chi connectivity index (χ3v) is 6.39. The molecule has 33 heavy (non-hydrogen) atoms.